The maximum Gasteiger partial charge on any atom is 0.100 e. The zero-order chi connectivity index (χ0) is 9.73. The van der Waals surface area contributed by atoms with E-state index < -0.39 is 6.10 Å². The van der Waals surface area contributed by atoms with E-state index in [1.807, 2.05) is 0 Å². The van der Waals surface area contributed by atoms with Crippen LogP contribution in [0.2, 0.25) is 0 Å². The standard InChI is InChI=1S/C9H19NO3/c1-9(2-4-10-5-3-9)13-7-8(12)6-11/h8,10-12H,2-7H2,1H3. The van der Waals surface area contributed by atoms with Crippen molar-refractivity contribution < 1.29 is 14.9 Å². The number of hydrogen-bond acceptors (Lipinski definition) is 4. The molecule has 13 heavy (non-hydrogen) atoms. The highest BCUT2D eigenvalue weighted by Crippen LogP contribution is 2.22. The molecular formula is C9H19NO3. The Morgan fingerprint density at radius 1 is 1.46 bits per heavy atom. The molecule has 78 valence electrons. The van der Waals surface area contributed by atoms with E-state index in [2.05, 4.69) is 12.2 Å². The Kier molecular flexibility index (Phi) is 4.12. The summed E-state index contributed by atoms with van der Waals surface area (Å²) in [6.07, 6.45) is 1.18. The molecule has 1 aliphatic heterocycles. The molecule has 1 fully saturated rings. The lowest BCUT2D eigenvalue weighted by atomic mass is 9.94. The van der Waals surface area contributed by atoms with Crippen LogP contribution < -0.4 is 5.32 Å². The van der Waals surface area contributed by atoms with Gasteiger partial charge in [0.2, 0.25) is 0 Å². The van der Waals surface area contributed by atoms with Crippen molar-refractivity contribution in [3.8, 4) is 0 Å². The quantitative estimate of drug-likeness (QED) is 0.558. The number of aliphatic hydroxyl groups excluding tert-OH is 2. The van der Waals surface area contributed by atoms with Crippen molar-refractivity contribution in [3.63, 3.8) is 0 Å². The molecule has 1 rings (SSSR count). The van der Waals surface area contributed by atoms with Crippen LogP contribution in [0.3, 0.4) is 0 Å². The lowest BCUT2D eigenvalue weighted by Crippen LogP contribution is -2.43. The van der Waals surface area contributed by atoms with Gasteiger partial charge in [0.05, 0.1) is 18.8 Å². The minimum atomic E-state index is -0.744. The average Bonchev–Trinajstić information content (AvgIpc) is 2.15. The second-order valence-electron chi connectivity index (χ2n) is 3.85. The van der Waals surface area contributed by atoms with E-state index in [4.69, 9.17) is 14.9 Å². The van der Waals surface area contributed by atoms with Crippen LogP contribution in [0.5, 0.6) is 0 Å². The highest BCUT2D eigenvalue weighted by atomic mass is 16.5. The van der Waals surface area contributed by atoms with Crippen molar-refractivity contribution in [2.45, 2.75) is 31.5 Å². The zero-order valence-corrected chi connectivity index (χ0v) is 8.12. The molecule has 0 aromatic carbocycles. The monoisotopic (exact) mass is 189 g/mol. The fraction of sp³-hybridized carbons (Fsp3) is 1.00. The third-order valence-corrected chi connectivity index (χ3v) is 2.50. The molecule has 0 spiro atoms. The van der Waals surface area contributed by atoms with Crippen LogP contribution in [-0.4, -0.2) is 48.2 Å². The average molecular weight is 189 g/mol. The third-order valence-electron chi connectivity index (χ3n) is 2.50. The van der Waals surface area contributed by atoms with Crippen LogP contribution in [0.4, 0.5) is 0 Å². The van der Waals surface area contributed by atoms with E-state index in [1.54, 1.807) is 0 Å². The summed E-state index contributed by atoms with van der Waals surface area (Å²) in [5.41, 5.74) is -0.124. The molecule has 0 aliphatic carbocycles. The maximum atomic E-state index is 9.11. The fourth-order valence-electron chi connectivity index (χ4n) is 1.45. The number of nitrogens with one attached hydrogen (secondary N) is 1. The molecular weight excluding hydrogens is 170 g/mol. The molecule has 0 radical (unpaired) electrons. The normalized spacial score (nSPS) is 24.2. The molecule has 0 bridgehead atoms. The van der Waals surface area contributed by atoms with Crippen LogP contribution in [0.15, 0.2) is 0 Å². The van der Waals surface area contributed by atoms with Gasteiger partial charge in [-0.25, -0.2) is 0 Å². The number of aliphatic hydroxyl groups is 2. The predicted octanol–water partition coefficient (Wildman–Crippen LogP) is -0.502. The Morgan fingerprint density at radius 2 is 2.08 bits per heavy atom. The summed E-state index contributed by atoms with van der Waals surface area (Å²) in [6.45, 7) is 3.98. The SMILES string of the molecule is CC1(OCC(O)CO)CCNCC1. The molecule has 1 saturated heterocycles. The first-order chi connectivity index (χ1) is 6.16. The summed E-state index contributed by atoms with van der Waals surface area (Å²) in [5.74, 6) is 0. The van der Waals surface area contributed by atoms with Gasteiger partial charge in [0.25, 0.3) is 0 Å². The van der Waals surface area contributed by atoms with Gasteiger partial charge in [-0.05, 0) is 32.9 Å². The van der Waals surface area contributed by atoms with Crippen LogP contribution in [-0.2, 0) is 4.74 Å². The van der Waals surface area contributed by atoms with Crippen molar-refractivity contribution in [1.29, 1.82) is 0 Å². The van der Waals surface area contributed by atoms with E-state index in [0.29, 0.717) is 0 Å². The molecule has 3 N–H and O–H groups in total. The summed E-state index contributed by atoms with van der Waals surface area (Å²) in [5, 5.41) is 21.0. The Hall–Kier alpha value is -0.160. The lowest BCUT2D eigenvalue weighted by Gasteiger charge is -2.34. The summed E-state index contributed by atoms with van der Waals surface area (Å²) >= 11 is 0. The van der Waals surface area contributed by atoms with Gasteiger partial charge in [0.15, 0.2) is 0 Å². The van der Waals surface area contributed by atoms with Crippen molar-refractivity contribution >= 4 is 0 Å². The highest BCUT2D eigenvalue weighted by Gasteiger charge is 2.27. The van der Waals surface area contributed by atoms with Gasteiger partial charge in [-0.15, -0.1) is 0 Å². The Labute approximate surface area is 78.9 Å². The first kappa shape index (κ1) is 10.9. The number of hydrogen-bond donors (Lipinski definition) is 3. The second-order valence-corrected chi connectivity index (χ2v) is 3.85. The second kappa shape index (κ2) is 4.91. The number of rotatable bonds is 4. The smallest absolute Gasteiger partial charge is 0.100 e. The fourth-order valence-corrected chi connectivity index (χ4v) is 1.45. The Morgan fingerprint density at radius 3 is 2.62 bits per heavy atom. The zero-order valence-electron chi connectivity index (χ0n) is 8.12. The van der Waals surface area contributed by atoms with Crippen LogP contribution in [0.25, 0.3) is 0 Å². The molecule has 0 amide bonds. The molecule has 0 aromatic heterocycles. The topological polar surface area (TPSA) is 61.7 Å². The molecule has 1 unspecified atom stereocenters. The Balaban J connectivity index is 2.24. The summed E-state index contributed by atoms with van der Waals surface area (Å²) in [4.78, 5) is 0. The number of piperidine rings is 1. The number of ether oxygens (including phenoxy) is 1. The first-order valence-electron chi connectivity index (χ1n) is 4.80. The summed E-state index contributed by atoms with van der Waals surface area (Å²) in [6, 6.07) is 0. The summed E-state index contributed by atoms with van der Waals surface area (Å²) in [7, 11) is 0. The molecule has 0 saturated carbocycles. The van der Waals surface area contributed by atoms with Gasteiger partial charge in [-0.2, -0.15) is 0 Å². The lowest BCUT2D eigenvalue weighted by molar-refractivity contribution is -0.0923. The molecule has 0 aromatic rings. The van der Waals surface area contributed by atoms with Crippen molar-refractivity contribution in [2.24, 2.45) is 0 Å². The van der Waals surface area contributed by atoms with E-state index in [9.17, 15) is 0 Å². The van der Waals surface area contributed by atoms with E-state index in [-0.39, 0.29) is 18.8 Å². The van der Waals surface area contributed by atoms with Gasteiger partial charge >= 0.3 is 0 Å². The largest absolute Gasteiger partial charge is 0.394 e. The van der Waals surface area contributed by atoms with Crippen LogP contribution >= 0.6 is 0 Å². The van der Waals surface area contributed by atoms with E-state index in [1.165, 1.54) is 0 Å². The van der Waals surface area contributed by atoms with Crippen molar-refractivity contribution in [3.05, 3.63) is 0 Å². The van der Waals surface area contributed by atoms with Gasteiger partial charge in [0.1, 0.15) is 6.10 Å². The summed E-state index contributed by atoms with van der Waals surface area (Å²) < 4.78 is 5.57. The molecule has 1 heterocycles. The van der Waals surface area contributed by atoms with E-state index >= 15 is 0 Å². The van der Waals surface area contributed by atoms with Gasteiger partial charge < -0.3 is 20.3 Å². The van der Waals surface area contributed by atoms with Gasteiger partial charge in [-0.1, -0.05) is 0 Å². The predicted molar refractivity (Wildman–Crippen MR) is 49.6 cm³/mol. The third kappa shape index (κ3) is 3.60. The molecule has 1 aliphatic rings. The minimum Gasteiger partial charge on any atom is -0.394 e. The van der Waals surface area contributed by atoms with Crippen LogP contribution in [0, 0.1) is 0 Å². The van der Waals surface area contributed by atoms with Gasteiger partial charge in [0, 0.05) is 0 Å². The highest BCUT2D eigenvalue weighted by molar-refractivity contribution is 4.81. The minimum absolute atomic E-state index is 0.124. The van der Waals surface area contributed by atoms with Gasteiger partial charge in [-0.3, -0.25) is 0 Å². The maximum absolute atomic E-state index is 9.11. The van der Waals surface area contributed by atoms with Crippen molar-refractivity contribution in [2.75, 3.05) is 26.3 Å². The Bertz CT molecular complexity index is 146. The molecule has 4 heteroatoms. The molecule has 4 nitrogen and oxygen atoms in total. The van der Waals surface area contributed by atoms with E-state index in [0.717, 1.165) is 25.9 Å². The van der Waals surface area contributed by atoms with Crippen molar-refractivity contribution in [1.82, 2.24) is 5.32 Å². The van der Waals surface area contributed by atoms with Crippen LogP contribution in [0.1, 0.15) is 19.8 Å². The first-order valence-corrected chi connectivity index (χ1v) is 4.80. The molecule has 1 atom stereocenters.